The van der Waals surface area contributed by atoms with Gasteiger partial charge in [0, 0.05) is 91.7 Å². The molecule has 8 aromatic heterocycles. The molecule has 0 saturated carbocycles. The SMILES string of the molecule is Cn1ccc(Cn2c(=O)ccn([C@@H]3O[C@H](CO)[C@H](O)C3O)c2=O)n1.O=c1ccn([C@@H]2O[C@H](CO)[C@H](O)C2O)c(=O)n1Cc1[nH]nc2ccccc12.O=c1ccn([C@@H]2O[C@H](CO)[C@H](O)C2O)c(=O)n1Cc1nccc2ccccc12.O=c1ccn([C@@H]2O[C@H](CO)[C@H](O)C2O)c(=O)n1Cc1ncccn1. The van der Waals surface area contributed by atoms with Gasteiger partial charge in [-0.2, -0.15) is 10.2 Å². The maximum Gasteiger partial charge on any atom is 0.333 e. The molecule has 2 aromatic carbocycles. The van der Waals surface area contributed by atoms with E-state index in [1.165, 1.54) is 55.4 Å². The number of H-pyrrole nitrogens is 1. The number of ether oxygens (including phenoxy) is 4. The Bertz CT molecular complexity index is 5120. The van der Waals surface area contributed by atoms with Crippen molar-refractivity contribution in [1.29, 1.82) is 0 Å². The van der Waals surface area contributed by atoms with E-state index in [4.69, 9.17) is 29.2 Å². The molecule has 0 aliphatic carbocycles. The van der Waals surface area contributed by atoms with Crippen LogP contribution in [-0.4, -0.2) is 232 Å². The first-order valence-corrected chi connectivity index (χ1v) is 31.7. The minimum atomic E-state index is -1.42. The van der Waals surface area contributed by atoms with Crippen LogP contribution in [0, 0.1) is 0 Å². The summed E-state index contributed by atoms with van der Waals surface area (Å²) < 4.78 is 30.9. The van der Waals surface area contributed by atoms with Crippen LogP contribution in [0.3, 0.4) is 0 Å². The smallest absolute Gasteiger partial charge is 0.333 e. The molecule has 13 N–H and O–H groups in total. The summed E-state index contributed by atoms with van der Waals surface area (Å²) in [4.78, 5) is 112. The van der Waals surface area contributed by atoms with Gasteiger partial charge < -0.3 is 80.2 Å². The van der Waals surface area contributed by atoms with Crippen molar-refractivity contribution in [3.8, 4) is 0 Å². The highest BCUT2D eigenvalue weighted by Crippen LogP contribution is 2.32. The van der Waals surface area contributed by atoms with Crippen molar-refractivity contribution < 1.29 is 80.2 Å². The molecule has 16 atom stereocenters. The largest absolute Gasteiger partial charge is 0.394 e. The third-order valence-corrected chi connectivity index (χ3v) is 17.5. The summed E-state index contributed by atoms with van der Waals surface area (Å²) in [6, 6.07) is 24.6. The zero-order valence-corrected chi connectivity index (χ0v) is 54.2. The topological polar surface area (TPSA) is 541 Å². The molecule has 0 spiro atoms. The second-order valence-electron chi connectivity index (χ2n) is 24.0. The molecule has 39 heteroatoms. The highest BCUT2D eigenvalue weighted by molar-refractivity contribution is 5.84. The van der Waals surface area contributed by atoms with Gasteiger partial charge in [-0.3, -0.25) is 70.5 Å². The van der Waals surface area contributed by atoms with Crippen LogP contribution in [0.5, 0.6) is 0 Å². The fraction of sp³-hybridized carbons (Fsp3) is 0.391. The lowest BCUT2D eigenvalue weighted by atomic mass is 10.1. The van der Waals surface area contributed by atoms with Crippen LogP contribution >= 0.6 is 0 Å². The molecule has 39 nitrogen and oxygen atoms in total. The molecule has 0 radical (unpaired) electrons. The van der Waals surface area contributed by atoms with Gasteiger partial charge in [0.2, 0.25) is 0 Å². The van der Waals surface area contributed by atoms with Gasteiger partial charge in [-0.25, -0.2) is 29.1 Å². The minimum Gasteiger partial charge on any atom is -0.394 e. The van der Waals surface area contributed by atoms with E-state index in [-0.39, 0.29) is 32.0 Å². The number of rotatable bonds is 16. The lowest BCUT2D eigenvalue weighted by molar-refractivity contribution is -0.0555. The zero-order chi connectivity index (χ0) is 73.7. The van der Waals surface area contributed by atoms with Crippen LogP contribution in [0.1, 0.15) is 47.8 Å². The predicted octanol–water partition coefficient (Wildman–Crippen LogP) is -7.37. The van der Waals surface area contributed by atoms with Crippen molar-refractivity contribution in [2.75, 3.05) is 26.4 Å². The Morgan fingerprint density at radius 1 is 0.398 bits per heavy atom. The number of aliphatic hydroxyl groups is 12. The Labute approximate surface area is 576 Å². The average molecular weight is 1430 g/mol. The van der Waals surface area contributed by atoms with Crippen LogP contribution in [0.15, 0.2) is 179 Å². The summed E-state index contributed by atoms with van der Waals surface area (Å²) in [6.45, 7) is -2.32. The zero-order valence-electron chi connectivity index (χ0n) is 54.2. The van der Waals surface area contributed by atoms with E-state index in [0.29, 0.717) is 22.6 Å². The number of aromatic nitrogens is 15. The van der Waals surface area contributed by atoms with E-state index >= 15 is 0 Å². The number of pyridine rings is 1. The molecule has 4 fully saturated rings. The normalized spacial score (nSPS) is 25.8. The number of benzene rings is 2. The van der Waals surface area contributed by atoms with Crippen molar-refractivity contribution in [3.05, 3.63) is 247 Å². The molecule has 4 aliphatic rings. The number of hydrogen-bond acceptors (Lipinski definition) is 29. The van der Waals surface area contributed by atoms with E-state index in [1.54, 1.807) is 42.3 Å². The standard InChI is InChI=1S/C19H19N3O6.C17H18N4O6.C14H18N4O6.C14H16N4O6/c23-10-14-16(25)17(26)18(28-14)21-8-6-15(24)22(19(21)27)9-13-12-4-2-1-3-11(12)5-7-20-13;22-8-12-14(24)15(25)16(27-12)20-6-5-13(23)21(17(20)26)7-11-9-3-1-2-4-10(9)18-19-11;1-16-4-2-8(15-16)6-18-10(20)3-5-17(14(18)23)13-12(22)11(21)9(7-19)24-13;19-7-8-11(21)12(22)13(24-8)17-5-2-10(20)18(14(17)23)6-9-15-3-1-4-16-9/h1-8,14,16-18,23,25-26H,9-10H2;1-6,12,14-16,22,24-25H,7-8H2,(H,18,19);2-5,9,11-13,19,21-22H,6-7H2,1H3;1-5,8,11-13,19,21-22H,6-7H2/t14-,16+,17?,18-;12-,14+,15?,16-;9-,11+,12?,13-;8-,11+,12?,13-/m1111/s1. The first-order valence-electron chi connectivity index (χ1n) is 31.7. The van der Waals surface area contributed by atoms with Crippen LogP contribution < -0.4 is 45.0 Å². The molecule has 14 rings (SSSR count). The van der Waals surface area contributed by atoms with E-state index in [2.05, 4.69) is 30.2 Å². The van der Waals surface area contributed by atoms with Crippen LogP contribution in [0.4, 0.5) is 0 Å². The number of aromatic amines is 1. The molecule has 10 aromatic rings. The molecule has 4 aliphatic heterocycles. The van der Waals surface area contributed by atoms with Crippen molar-refractivity contribution >= 4 is 21.7 Å². The lowest BCUT2D eigenvalue weighted by Crippen LogP contribution is -2.43. The van der Waals surface area contributed by atoms with Crippen LogP contribution in [0.2, 0.25) is 0 Å². The molecule has 12 heterocycles. The van der Waals surface area contributed by atoms with Crippen LogP contribution in [0.25, 0.3) is 21.7 Å². The van der Waals surface area contributed by atoms with Crippen LogP contribution in [-0.2, 0) is 52.2 Å². The Balaban J connectivity index is 0.000000138. The Kier molecular flexibility index (Phi) is 22.9. The Hall–Kier alpha value is -10.3. The van der Waals surface area contributed by atoms with Gasteiger partial charge in [0.15, 0.2) is 24.9 Å². The first kappa shape index (κ1) is 73.9. The van der Waals surface area contributed by atoms with Crippen molar-refractivity contribution in [1.82, 2.24) is 71.5 Å². The van der Waals surface area contributed by atoms with E-state index in [9.17, 15) is 89.4 Å². The minimum absolute atomic E-state index is 0.0336. The highest BCUT2D eigenvalue weighted by Gasteiger charge is 2.47. The summed E-state index contributed by atoms with van der Waals surface area (Å²) in [5, 5.41) is 130. The van der Waals surface area contributed by atoms with E-state index < -0.39 is 170 Å². The number of fused-ring (bicyclic) bond motifs is 2. The number of nitrogens with one attached hydrogen (secondary N) is 1. The van der Waals surface area contributed by atoms with Gasteiger partial charge in [0.25, 0.3) is 22.2 Å². The summed E-state index contributed by atoms with van der Waals surface area (Å²) in [6.07, 6.45) is -8.88. The maximum atomic E-state index is 12.9. The number of aliphatic hydroxyl groups excluding tert-OH is 12. The molecule has 0 bridgehead atoms. The third kappa shape index (κ3) is 15.3. The van der Waals surface area contributed by atoms with E-state index in [0.717, 1.165) is 58.8 Å². The monoisotopic (exact) mass is 1430 g/mol. The Morgan fingerprint density at radius 2 is 0.786 bits per heavy atom. The van der Waals surface area contributed by atoms with Gasteiger partial charge >= 0.3 is 22.8 Å². The Morgan fingerprint density at radius 3 is 1.19 bits per heavy atom. The molecule has 4 unspecified atom stereocenters. The summed E-state index contributed by atoms with van der Waals surface area (Å²) in [5.74, 6) is 0.274. The molecule has 0 amide bonds. The fourth-order valence-electron chi connectivity index (χ4n) is 11.9. The third-order valence-electron chi connectivity index (χ3n) is 17.5. The number of nitrogens with zero attached hydrogens (tertiary/aromatic N) is 14. The second kappa shape index (κ2) is 31.9. The number of aryl methyl sites for hydroxylation is 1. The van der Waals surface area contributed by atoms with Crippen molar-refractivity contribution in [2.45, 2.75) is 124 Å². The molecule has 4 saturated heterocycles. The molecule has 103 heavy (non-hydrogen) atoms. The first-order chi connectivity index (χ1) is 49.5. The van der Waals surface area contributed by atoms with E-state index in [1.807, 2.05) is 48.5 Å². The maximum absolute atomic E-state index is 12.9. The van der Waals surface area contributed by atoms with Gasteiger partial charge in [-0.1, -0.05) is 42.5 Å². The summed E-state index contributed by atoms with van der Waals surface area (Å²) >= 11 is 0. The van der Waals surface area contributed by atoms with Gasteiger partial charge in [-0.05, 0) is 29.7 Å². The number of para-hydroxylation sites is 1. The summed E-state index contributed by atoms with van der Waals surface area (Å²) in [5.41, 5.74) is -2.63. The lowest BCUT2D eigenvalue weighted by Gasteiger charge is -2.18. The summed E-state index contributed by atoms with van der Waals surface area (Å²) in [7, 11) is 1.72. The predicted molar refractivity (Wildman–Crippen MR) is 351 cm³/mol. The second-order valence-corrected chi connectivity index (χ2v) is 24.0. The van der Waals surface area contributed by atoms with Crippen molar-refractivity contribution in [3.63, 3.8) is 0 Å². The fourth-order valence-corrected chi connectivity index (χ4v) is 11.9. The highest BCUT2D eigenvalue weighted by atomic mass is 16.6. The number of hydrogen-bond donors (Lipinski definition) is 13. The molecule has 546 valence electrons. The molecular weight excluding hydrogens is 1360 g/mol. The quantitative estimate of drug-likeness (QED) is 0.0427. The molecular formula is C64H71N15O24. The average Bonchev–Trinajstić information content (AvgIpc) is 1.73. The van der Waals surface area contributed by atoms with Gasteiger partial charge in [0.05, 0.1) is 75.2 Å². The van der Waals surface area contributed by atoms with Gasteiger partial charge in [0.1, 0.15) is 79.1 Å². The van der Waals surface area contributed by atoms with Gasteiger partial charge in [-0.15, -0.1) is 0 Å². The van der Waals surface area contributed by atoms with Crippen molar-refractivity contribution in [2.24, 2.45) is 7.05 Å².